The molecule has 16 heavy (non-hydrogen) atoms. The molecule has 3 heteroatoms. The second kappa shape index (κ2) is 5.88. The van der Waals surface area contributed by atoms with Crippen LogP contribution in [0.5, 0.6) is 0 Å². The molecular formula is C13H17Cl2F. The molecule has 0 unspecified atom stereocenters. The van der Waals surface area contributed by atoms with Gasteiger partial charge in [0, 0.05) is 17.2 Å². The van der Waals surface area contributed by atoms with Crippen molar-refractivity contribution in [2.45, 2.75) is 20.3 Å². The van der Waals surface area contributed by atoms with E-state index in [1.165, 1.54) is 12.1 Å². The maximum absolute atomic E-state index is 12.8. The third kappa shape index (κ3) is 3.11. The van der Waals surface area contributed by atoms with Gasteiger partial charge < -0.3 is 0 Å². The Balaban J connectivity index is 2.87. The molecule has 1 aromatic carbocycles. The molecule has 1 aromatic rings. The van der Waals surface area contributed by atoms with Crippen molar-refractivity contribution >= 4 is 23.2 Å². The molecule has 0 spiro atoms. The Labute approximate surface area is 107 Å². The third-order valence-corrected chi connectivity index (χ3v) is 4.29. The van der Waals surface area contributed by atoms with E-state index in [1.807, 2.05) is 0 Å². The smallest absolute Gasteiger partial charge is 0.123 e. The zero-order valence-corrected chi connectivity index (χ0v) is 11.2. The van der Waals surface area contributed by atoms with Crippen LogP contribution in [0.15, 0.2) is 24.3 Å². The van der Waals surface area contributed by atoms with Crippen LogP contribution in [0.4, 0.5) is 4.39 Å². The average Bonchev–Trinajstić information content (AvgIpc) is 2.28. The molecule has 0 saturated heterocycles. The Morgan fingerprint density at radius 1 is 1.12 bits per heavy atom. The maximum Gasteiger partial charge on any atom is 0.123 e. The Hall–Kier alpha value is -0.270. The van der Waals surface area contributed by atoms with E-state index in [4.69, 9.17) is 23.2 Å². The van der Waals surface area contributed by atoms with Crippen LogP contribution in [-0.4, -0.2) is 11.8 Å². The third-order valence-electron chi connectivity index (χ3n) is 3.23. The minimum atomic E-state index is -0.212. The topological polar surface area (TPSA) is 0 Å². The molecule has 0 aromatic heterocycles. The quantitative estimate of drug-likeness (QED) is 0.687. The van der Waals surface area contributed by atoms with Crippen LogP contribution in [0.25, 0.3) is 0 Å². The fourth-order valence-electron chi connectivity index (χ4n) is 1.65. The molecule has 0 fully saturated rings. The molecule has 0 bridgehead atoms. The molecule has 0 heterocycles. The summed E-state index contributed by atoms with van der Waals surface area (Å²) in [5, 5.41) is 0. The number of hydrogen-bond acceptors (Lipinski definition) is 0. The predicted molar refractivity (Wildman–Crippen MR) is 68.8 cm³/mol. The summed E-state index contributed by atoms with van der Waals surface area (Å²) in [4.78, 5) is 0. The lowest BCUT2D eigenvalue weighted by atomic mass is 9.76. The summed E-state index contributed by atoms with van der Waals surface area (Å²) in [6, 6.07) is 6.54. The monoisotopic (exact) mass is 262 g/mol. The van der Waals surface area contributed by atoms with Crippen LogP contribution in [0.1, 0.15) is 19.4 Å². The van der Waals surface area contributed by atoms with Crippen molar-refractivity contribution < 1.29 is 4.39 Å². The van der Waals surface area contributed by atoms with Crippen LogP contribution in [0, 0.1) is 17.2 Å². The number of benzene rings is 1. The van der Waals surface area contributed by atoms with Crippen molar-refractivity contribution in [1.82, 2.24) is 0 Å². The van der Waals surface area contributed by atoms with Gasteiger partial charge in [0.05, 0.1) is 0 Å². The van der Waals surface area contributed by atoms with Gasteiger partial charge in [-0.3, -0.25) is 0 Å². The van der Waals surface area contributed by atoms with E-state index in [0.717, 1.165) is 12.0 Å². The van der Waals surface area contributed by atoms with E-state index in [2.05, 4.69) is 13.8 Å². The first-order valence-electron chi connectivity index (χ1n) is 5.40. The van der Waals surface area contributed by atoms with Gasteiger partial charge in [-0.2, -0.15) is 0 Å². The van der Waals surface area contributed by atoms with Crippen LogP contribution >= 0.6 is 23.2 Å². The number of halogens is 3. The molecule has 0 nitrogen and oxygen atoms in total. The van der Waals surface area contributed by atoms with Crippen LogP contribution in [0.2, 0.25) is 0 Å². The second-order valence-electron chi connectivity index (χ2n) is 4.59. The SMILES string of the molecule is CC(C)C(CCl)(CCl)Cc1ccc(F)cc1. The van der Waals surface area contributed by atoms with Crippen molar-refractivity contribution in [3.63, 3.8) is 0 Å². The van der Waals surface area contributed by atoms with Gasteiger partial charge >= 0.3 is 0 Å². The highest BCUT2D eigenvalue weighted by Gasteiger charge is 2.32. The highest BCUT2D eigenvalue weighted by molar-refractivity contribution is 6.21. The molecule has 90 valence electrons. The summed E-state index contributed by atoms with van der Waals surface area (Å²) in [6.45, 7) is 4.24. The van der Waals surface area contributed by atoms with Crippen LogP contribution < -0.4 is 0 Å². The Morgan fingerprint density at radius 3 is 2.00 bits per heavy atom. The average molecular weight is 263 g/mol. The minimum Gasteiger partial charge on any atom is -0.207 e. The Kier molecular flexibility index (Phi) is 5.07. The lowest BCUT2D eigenvalue weighted by molar-refractivity contribution is 0.259. The first kappa shape index (κ1) is 13.8. The summed E-state index contributed by atoms with van der Waals surface area (Å²) in [6.07, 6.45) is 0.790. The van der Waals surface area contributed by atoms with E-state index in [1.54, 1.807) is 12.1 Å². The molecule has 0 atom stereocenters. The number of alkyl halides is 2. The Bertz CT molecular complexity index is 315. The Morgan fingerprint density at radius 2 is 1.62 bits per heavy atom. The number of hydrogen-bond donors (Lipinski definition) is 0. The zero-order valence-electron chi connectivity index (χ0n) is 9.64. The zero-order chi connectivity index (χ0) is 12.2. The lowest BCUT2D eigenvalue weighted by Gasteiger charge is -2.34. The molecular weight excluding hydrogens is 246 g/mol. The van der Waals surface area contributed by atoms with E-state index in [-0.39, 0.29) is 11.2 Å². The van der Waals surface area contributed by atoms with Gasteiger partial charge in [0.25, 0.3) is 0 Å². The second-order valence-corrected chi connectivity index (χ2v) is 5.12. The van der Waals surface area contributed by atoms with Crippen LogP contribution in [0.3, 0.4) is 0 Å². The van der Waals surface area contributed by atoms with Gasteiger partial charge in [0.1, 0.15) is 5.82 Å². The summed E-state index contributed by atoms with van der Waals surface area (Å²) >= 11 is 12.1. The fourth-order valence-corrected chi connectivity index (χ4v) is 2.74. The minimum absolute atomic E-state index is 0.110. The first-order chi connectivity index (χ1) is 7.54. The van der Waals surface area contributed by atoms with Crippen molar-refractivity contribution in [2.24, 2.45) is 11.3 Å². The molecule has 0 saturated carbocycles. The van der Waals surface area contributed by atoms with Gasteiger partial charge in [0.15, 0.2) is 0 Å². The summed E-state index contributed by atoms with van der Waals surface area (Å²) in [5.41, 5.74) is 0.970. The van der Waals surface area contributed by atoms with Gasteiger partial charge in [-0.15, -0.1) is 23.2 Å². The van der Waals surface area contributed by atoms with Gasteiger partial charge in [-0.05, 0) is 30.0 Å². The highest BCUT2D eigenvalue weighted by Crippen LogP contribution is 2.34. The van der Waals surface area contributed by atoms with Crippen LogP contribution in [-0.2, 0) is 6.42 Å². The summed E-state index contributed by atoms with van der Waals surface area (Å²) in [5.74, 6) is 1.22. The van der Waals surface area contributed by atoms with Crippen molar-refractivity contribution in [3.8, 4) is 0 Å². The fraction of sp³-hybridized carbons (Fsp3) is 0.538. The highest BCUT2D eigenvalue weighted by atomic mass is 35.5. The molecule has 1 rings (SSSR count). The summed E-state index contributed by atoms with van der Waals surface area (Å²) in [7, 11) is 0. The lowest BCUT2D eigenvalue weighted by Crippen LogP contribution is -2.34. The molecule has 0 aliphatic rings. The molecule has 0 N–H and O–H groups in total. The largest absolute Gasteiger partial charge is 0.207 e. The first-order valence-corrected chi connectivity index (χ1v) is 6.47. The number of rotatable bonds is 5. The van der Waals surface area contributed by atoms with Gasteiger partial charge in [-0.25, -0.2) is 4.39 Å². The van der Waals surface area contributed by atoms with Crippen molar-refractivity contribution in [1.29, 1.82) is 0 Å². The molecule has 0 aliphatic carbocycles. The van der Waals surface area contributed by atoms with E-state index in [0.29, 0.717) is 17.7 Å². The van der Waals surface area contributed by atoms with Gasteiger partial charge in [-0.1, -0.05) is 26.0 Å². The molecule has 0 amide bonds. The normalized spacial score (nSPS) is 12.1. The van der Waals surface area contributed by atoms with E-state index in [9.17, 15) is 4.39 Å². The summed E-state index contributed by atoms with van der Waals surface area (Å²) < 4.78 is 12.8. The molecule has 0 aliphatic heterocycles. The molecule has 0 radical (unpaired) electrons. The van der Waals surface area contributed by atoms with E-state index < -0.39 is 0 Å². The van der Waals surface area contributed by atoms with E-state index >= 15 is 0 Å². The van der Waals surface area contributed by atoms with Gasteiger partial charge in [0.2, 0.25) is 0 Å². The van der Waals surface area contributed by atoms with Crippen molar-refractivity contribution in [3.05, 3.63) is 35.6 Å². The predicted octanol–water partition coefficient (Wildman–Crippen LogP) is 4.49. The maximum atomic E-state index is 12.8. The standard InChI is InChI=1S/C13H17Cl2F/c1-10(2)13(8-14,9-15)7-11-3-5-12(16)6-4-11/h3-6,10H,7-9H2,1-2H3. The van der Waals surface area contributed by atoms with Crippen molar-refractivity contribution in [2.75, 3.05) is 11.8 Å².